The summed E-state index contributed by atoms with van der Waals surface area (Å²) in [6.45, 7) is 9.00. The van der Waals surface area contributed by atoms with Crippen LogP contribution < -0.4 is 19.1 Å². The zero-order chi connectivity index (χ0) is 28.0. The van der Waals surface area contributed by atoms with Crippen LogP contribution in [0, 0.1) is 6.92 Å². The van der Waals surface area contributed by atoms with Crippen molar-refractivity contribution in [3.8, 4) is 11.5 Å². The van der Waals surface area contributed by atoms with Crippen LogP contribution in [-0.4, -0.2) is 63.7 Å². The first kappa shape index (κ1) is 30.0. The van der Waals surface area contributed by atoms with E-state index in [0.29, 0.717) is 12.2 Å². The van der Waals surface area contributed by atoms with Crippen molar-refractivity contribution in [2.45, 2.75) is 59.2 Å². The molecule has 204 valence electrons. The second-order valence-corrected chi connectivity index (χ2v) is 11.9. The molecule has 2 aromatic carbocycles. The average Bonchev–Trinajstić information content (AvgIpc) is 2.81. The molecular weight excluding hydrogens is 494 g/mol. The number of carbonyl (C=O) groups excluding carboxylic acids is 2. The summed E-state index contributed by atoms with van der Waals surface area (Å²) in [5.74, 6) is -0.155. The number of aryl methyl sites for hydroxylation is 1. The second-order valence-electron chi connectivity index (χ2n) is 9.98. The molecule has 37 heavy (non-hydrogen) atoms. The average molecular weight is 534 g/mol. The summed E-state index contributed by atoms with van der Waals surface area (Å²) in [5, 5.41) is 2.95. The third-order valence-corrected chi connectivity index (χ3v) is 6.82. The Labute approximate surface area is 220 Å². The van der Waals surface area contributed by atoms with E-state index in [-0.39, 0.29) is 23.9 Å². The van der Waals surface area contributed by atoms with Crippen molar-refractivity contribution in [2.24, 2.45) is 0 Å². The highest BCUT2D eigenvalue weighted by Crippen LogP contribution is 2.34. The van der Waals surface area contributed by atoms with Gasteiger partial charge < -0.3 is 19.7 Å². The van der Waals surface area contributed by atoms with Crippen molar-refractivity contribution in [1.29, 1.82) is 0 Å². The normalized spacial score (nSPS) is 12.4. The van der Waals surface area contributed by atoms with E-state index in [1.807, 2.05) is 58.9 Å². The van der Waals surface area contributed by atoms with E-state index in [4.69, 9.17) is 9.47 Å². The minimum atomic E-state index is -3.91. The minimum Gasteiger partial charge on any atom is -0.497 e. The summed E-state index contributed by atoms with van der Waals surface area (Å²) in [4.78, 5) is 28.5. The lowest BCUT2D eigenvalue weighted by Gasteiger charge is -2.34. The molecule has 0 aliphatic heterocycles. The van der Waals surface area contributed by atoms with E-state index in [1.54, 1.807) is 12.1 Å². The Hall–Kier alpha value is -3.27. The first-order valence-corrected chi connectivity index (χ1v) is 13.9. The topological polar surface area (TPSA) is 105 Å². The number of hydrogen-bond acceptors (Lipinski definition) is 6. The van der Waals surface area contributed by atoms with Gasteiger partial charge in [-0.2, -0.15) is 0 Å². The molecule has 2 amide bonds. The molecule has 2 aromatic rings. The third kappa shape index (κ3) is 8.38. The molecule has 0 unspecified atom stereocenters. The van der Waals surface area contributed by atoms with Crippen LogP contribution >= 0.6 is 0 Å². The highest BCUT2D eigenvalue weighted by Gasteiger charge is 2.33. The van der Waals surface area contributed by atoms with Crippen LogP contribution in [-0.2, 0) is 26.2 Å². The number of benzene rings is 2. The fourth-order valence-electron chi connectivity index (χ4n) is 3.85. The zero-order valence-electron chi connectivity index (χ0n) is 23.0. The van der Waals surface area contributed by atoms with E-state index >= 15 is 0 Å². The van der Waals surface area contributed by atoms with Gasteiger partial charge in [0.05, 0.1) is 26.2 Å². The van der Waals surface area contributed by atoms with Crippen LogP contribution in [0.5, 0.6) is 11.5 Å². The number of ether oxygens (including phenoxy) is 2. The summed E-state index contributed by atoms with van der Waals surface area (Å²) in [6.07, 6.45) is 1.37. The molecule has 0 spiro atoms. The Morgan fingerprint density at radius 1 is 1.03 bits per heavy atom. The maximum Gasteiger partial charge on any atom is 0.244 e. The highest BCUT2D eigenvalue weighted by molar-refractivity contribution is 7.92. The van der Waals surface area contributed by atoms with Gasteiger partial charge >= 0.3 is 0 Å². The van der Waals surface area contributed by atoms with E-state index in [1.165, 1.54) is 25.2 Å². The molecule has 0 radical (unpaired) electrons. The monoisotopic (exact) mass is 533 g/mol. The first-order valence-electron chi connectivity index (χ1n) is 12.1. The van der Waals surface area contributed by atoms with Gasteiger partial charge in [0, 0.05) is 18.2 Å². The number of sulfonamides is 1. The smallest absolute Gasteiger partial charge is 0.244 e. The van der Waals surface area contributed by atoms with Gasteiger partial charge in [-0.15, -0.1) is 0 Å². The van der Waals surface area contributed by atoms with Gasteiger partial charge in [0.25, 0.3) is 0 Å². The Bertz CT molecular complexity index is 1190. The molecule has 2 rings (SSSR count). The van der Waals surface area contributed by atoms with E-state index in [0.717, 1.165) is 21.7 Å². The molecule has 0 fully saturated rings. The van der Waals surface area contributed by atoms with Gasteiger partial charge in [0.1, 0.15) is 24.1 Å². The summed E-state index contributed by atoms with van der Waals surface area (Å²) in [6, 6.07) is 11.6. The summed E-state index contributed by atoms with van der Waals surface area (Å²) >= 11 is 0. The van der Waals surface area contributed by atoms with Crippen LogP contribution in [0.2, 0.25) is 0 Å². The summed E-state index contributed by atoms with van der Waals surface area (Å²) < 4.78 is 37.4. The molecule has 1 atom stereocenters. The second kappa shape index (κ2) is 12.3. The maximum atomic E-state index is 13.8. The lowest BCUT2D eigenvalue weighted by Crippen LogP contribution is -2.55. The number of amides is 2. The van der Waals surface area contributed by atoms with Gasteiger partial charge in [0.15, 0.2) is 0 Å². The predicted molar refractivity (Wildman–Crippen MR) is 145 cm³/mol. The maximum absolute atomic E-state index is 13.8. The molecule has 0 saturated heterocycles. The predicted octanol–water partition coefficient (Wildman–Crippen LogP) is 3.50. The van der Waals surface area contributed by atoms with Gasteiger partial charge in [-0.3, -0.25) is 13.9 Å². The molecule has 9 nitrogen and oxygen atoms in total. The van der Waals surface area contributed by atoms with Crippen molar-refractivity contribution < 1.29 is 27.5 Å². The quantitative estimate of drug-likeness (QED) is 0.474. The SMILES string of the molecule is CC[C@@H](C(=O)NC(C)(C)C)N(Cc1ccc(C)cc1)C(=O)CN(c1cc(OC)ccc1OC)S(C)(=O)=O. The molecule has 0 aliphatic rings. The molecule has 0 bridgehead atoms. The van der Waals surface area contributed by atoms with Gasteiger partial charge in [0.2, 0.25) is 21.8 Å². The standard InChI is InChI=1S/C27H39N3O6S/c1-9-22(26(32)28-27(3,4)5)29(17-20-12-10-19(2)11-13-20)25(31)18-30(37(8,33)34)23-16-21(35-6)14-15-24(23)36-7/h10-16,22H,9,17-18H2,1-8H3,(H,28,32)/t22-/m0/s1. The van der Waals surface area contributed by atoms with Crippen molar-refractivity contribution in [1.82, 2.24) is 10.2 Å². The van der Waals surface area contributed by atoms with E-state index in [2.05, 4.69) is 5.32 Å². The number of carbonyl (C=O) groups is 2. The van der Waals surface area contributed by atoms with Gasteiger partial charge in [-0.25, -0.2) is 8.42 Å². The van der Waals surface area contributed by atoms with E-state index in [9.17, 15) is 18.0 Å². The third-order valence-electron chi connectivity index (χ3n) is 5.69. The van der Waals surface area contributed by atoms with Crippen molar-refractivity contribution in [2.75, 3.05) is 31.3 Å². The van der Waals surface area contributed by atoms with Crippen LogP contribution in [0.15, 0.2) is 42.5 Å². The van der Waals surface area contributed by atoms with E-state index < -0.39 is 34.1 Å². The molecule has 0 saturated carbocycles. The Morgan fingerprint density at radius 2 is 1.65 bits per heavy atom. The molecule has 0 aromatic heterocycles. The molecule has 10 heteroatoms. The summed E-state index contributed by atoms with van der Waals surface area (Å²) in [7, 11) is -1.03. The van der Waals surface area contributed by atoms with Gasteiger partial charge in [-0.1, -0.05) is 36.8 Å². The number of nitrogens with one attached hydrogen (secondary N) is 1. The highest BCUT2D eigenvalue weighted by atomic mass is 32.2. The number of hydrogen-bond donors (Lipinski definition) is 1. The van der Waals surface area contributed by atoms with Gasteiger partial charge in [-0.05, 0) is 51.8 Å². The molecule has 0 heterocycles. The fraction of sp³-hybridized carbons (Fsp3) is 0.481. The number of anilines is 1. The lowest BCUT2D eigenvalue weighted by molar-refractivity contribution is -0.141. The lowest BCUT2D eigenvalue weighted by atomic mass is 10.1. The Balaban J connectivity index is 2.54. The van der Waals surface area contributed by atoms with Crippen molar-refractivity contribution in [3.63, 3.8) is 0 Å². The minimum absolute atomic E-state index is 0.141. The summed E-state index contributed by atoms with van der Waals surface area (Å²) in [5.41, 5.74) is 1.55. The Kier molecular flexibility index (Phi) is 9.97. The zero-order valence-corrected chi connectivity index (χ0v) is 23.8. The largest absolute Gasteiger partial charge is 0.497 e. The number of nitrogens with zero attached hydrogens (tertiary/aromatic N) is 2. The van der Waals surface area contributed by atoms with Crippen LogP contribution in [0.1, 0.15) is 45.2 Å². The fourth-order valence-corrected chi connectivity index (χ4v) is 4.69. The number of methoxy groups -OCH3 is 2. The first-order chi connectivity index (χ1) is 17.2. The number of rotatable bonds is 11. The molecule has 0 aliphatic carbocycles. The molecule has 1 N–H and O–H groups in total. The Morgan fingerprint density at radius 3 is 2.14 bits per heavy atom. The van der Waals surface area contributed by atoms with Crippen LogP contribution in [0.4, 0.5) is 5.69 Å². The van der Waals surface area contributed by atoms with Crippen molar-refractivity contribution >= 4 is 27.5 Å². The van der Waals surface area contributed by atoms with Crippen molar-refractivity contribution in [3.05, 3.63) is 53.6 Å². The van der Waals surface area contributed by atoms with Crippen LogP contribution in [0.25, 0.3) is 0 Å². The molecular formula is C27H39N3O6S. The van der Waals surface area contributed by atoms with Crippen LogP contribution in [0.3, 0.4) is 0 Å².